The topological polar surface area (TPSA) is 82.8 Å². The number of nitrogens with two attached hydrogens (primary N) is 2. The average Bonchev–Trinajstić information content (AvgIpc) is 3.11. The molecule has 0 aliphatic rings. The second kappa shape index (κ2) is 6.39. The molecular formula is C23H19N5. The van der Waals surface area contributed by atoms with E-state index in [0.717, 1.165) is 28.4 Å². The molecule has 3 aromatic carbocycles. The summed E-state index contributed by atoms with van der Waals surface area (Å²) >= 11 is 0. The predicted octanol–water partition coefficient (Wildman–Crippen LogP) is 4.46. The quantitative estimate of drug-likeness (QED) is 0.462. The second-order valence-corrected chi connectivity index (χ2v) is 6.91. The molecule has 2 heterocycles. The largest absolute Gasteiger partial charge is 0.399 e. The Morgan fingerprint density at radius 2 is 1.68 bits per heavy atom. The molecule has 0 unspecified atom stereocenters. The number of hydrogen-bond acceptors (Lipinski definition) is 4. The van der Waals surface area contributed by atoms with E-state index in [0.29, 0.717) is 17.3 Å². The molecule has 0 fully saturated rings. The van der Waals surface area contributed by atoms with Gasteiger partial charge in [0.1, 0.15) is 5.82 Å². The first kappa shape index (κ1) is 16.3. The van der Waals surface area contributed by atoms with Gasteiger partial charge in [-0.1, -0.05) is 30.3 Å². The zero-order chi connectivity index (χ0) is 19.1. The molecule has 5 nitrogen and oxygen atoms in total. The van der Waals surface area contributed by atoms with Crippen molar-refractivity contribution in [2.24, 2.45) is 0 Å². The van der Waals surface area contributed by atoms with E-state index in [4.69, 9.17) is 11.5 Å². The van der Waals surface area contributed by atoms with Crippen LogP contribution in [0.3, 0.4) is 0 Å². The molecule has 0 radical (unpaired) electrons. The first-order valence-corrected chi connectivity index (χ1v) is 9.13. The molecule has 0 bridgehead atoms. The lowest BCUT2D eigenvalue weighted by Crippen LogP contribution is -1.99. The molecule has 0 saturated carbocycles. The van der Waals surface area contributed by atoms with Crippen LogP contribution in [0.15, 0.2) is 79.0 Å². The molecule has 5 rings (SSSR count). The Hall–Kier alpha value is -3.86. The summed E-state index contributed by atoms with van der Waals surface area (Å²) in [5.74, 6) is 1.06. The van der Waals surface area contributed by atoms with Crippen molar-refractivity contribution in [1.82, 2.24) is 14.5 Å². The van der Waals surface area contributed by atoms with Gasteiger partial charge in [0.2, 0.25) is 0 Å². The monoisotopic (exact) mass is 365 g/mol. The van der Waals surface area contributed by atoms with Crippen LogP contribution in [0.4, 0.5) is 11.5 Å². The SMILES string of the molecule is Nc1ccc2nc(-c3ccc4c(ccn4Cc4ccccc4)c3)nc(N)c2c1. The molecule has 4 N–H and O–H groups in total. The number of anilines is 2. The van der Waals surface area contributed by atoms with Gasteiger partial charge in [-0.3, -0.25) is 0 Å². The van der Waals surface area contributed by atoms with Crippen molar-refractivity contribution in [3.63, 3.8) is 0 Å². The van der Waals surface area contributed by atoms with Gasteiger partial charge in [-0.25, -0.2) is 9.97 Å². The van der Waals surface area contributed by atoms with Crippen molar-refractivity contribution in [3.05, 3.63) is 84.6 Å². The highest BCUT2D eigenvalue weighted by Crippen LogP contribution is 2.27. The number of hydrogen-bond donors (Lipinski definition) is 2. The summed E-state index contributed by atoms with van der Waals surface area (Å²) in [7, 11) is 0. The molecule has 0 atom stereocenters. The Morgan fingerprint density at radius 3 is 2.54 bits per heavy atom. The highest BCUT2D eigenvalue weighted by Gasteiger charge is 2.10. The summed E-state index contributed by atoms with van der Waals surface area (Å²) in [6.45, 7) is 0.838. The lowest BCUT2D eigenvalue weighted by Gasteiger charge is -2.08. The molecule has 0 spiro atoms. The van der Waals surface area contributed by atoms with E-state index in [2.05, 4.69) is 63.2 Å². The van der Waals surface area contributed by atoms with Crippen LogP contribution < -0.4 is 11.5 Å². The van der Waals surface area contributed by atoms with Crippen molar-refractivity contribution in [2.75, 3.05) is 11.5 Å². The standard InChI is InChI=1S/C23H19N5/c24-18-7-8-20-19(13-18)22(25)27-23(26-20)17-6-9-21-16(12-17)10-11-28(21)14-15-4-2-1-3-5-15/h1-13H,14,24H2,(H2,25,26,27). The lowest BCUT2D eigenvalue weighted by atomic mass is 10.1. The van der Waals surface area contributed by atoms with E-state index in [1.165, 1.54) is 11.1 Å². The van der Waals surface area contributed by atoms with Crippen LogP contribution in [0, 0.1) is 0 Å². The van der Waals surface area contributed by atoms with Crippen molar-refractivity contribution in [3.8, 4) is 11.4 Å². The van der Waals surface area contributed by atoms with Crippen molar-refractivity contribution in [1.29, 1.82) is 0 Å². The van der Waals surface area contributed by atoms with Crippen LogP contribution in [0.5, 0.6) is 0 Å². The van der Waals surface area contributed by atoms with Crippen LogP contribution in [-0.4, -0.2) is 14.5 Å². The number of nitrogen functional groups attached to an aromatic ring is 2. The predicted molar refractivity (Wildman–Crippen MR) is 115 cm³/mol. The summed E-state index contributed by atoms with van der Waals surface area (Å²) in [6, 6.07) is 24.3. The van der Waals surface area contributed by atoms with Gasteiger partial charge in [-0.15, -0.1) is 0 Å². The first-order valence-electron chi connectivity index (χ1n) is 9.13. The van der Waals surface area contributed by atoms with Crippen LogP contribution in [0.2, 0.25) is 0 Å². The molecule has 28 heavy (non-hydrogen) atoms. The molecule has 2 aromatic heterocycles. The highest BCUT2D eigenvalue weighted by atomic mass is 15.0. The van der Waals surface area contributed by atoms with Gasteiger partial charge >= 0.3 is 0 Å². The van der Waals surface area contributed by atoms with Crippen molar-refractivity contribution >= 4 is 33.3 Å². The molecule has 136 valence electrons. The molecule has 5 aromatic rings. The molecule has 0 saturated heterocycles. The third kappa shape index (κ3) is 2.83. The van der Waals surface area contributed by atoms with Gasteiger partial charge < -0.3 is 16.0 Å². The third-order valence-corrected chi connectivity index (χ3v) is 4.97. The maximum absolute atomic E-state index is 6.16. The third-order valence-electron chi connectivity index (χ3n) is 4.97. The van der Waals surface area contributed by atoms with E-state index >= 15 is 0 Å². The molecule has 0 amide bonds. The van der Waals surface area contributed by atoms with Gasteiger partial charge in [0.25, 0.3) is 0 Å². The number of benzene rings is 3. The fourth-order valence-corrected chi connectivity index (χ4v) is 3.56. The normalized spacial score (nSPS) is 11.3. The molecular weight excluding hydrogens is 346 g/mol. The Labute approximate surface area is 162 Å². The first-order chi connectivity index (χ1) is 13.7. The fourth-order valence-electron chi connectivity index (χ4n) is 3.56. The van der Waals surface area contributed by atoms with Crippen LogP contribution in [-0.2, 0) is 6.54 Å². The Bertz CT molecular complexity index is 1310. The van der Waals surface area contributed by atoms with Crippen LogP contribution in [0.1, 0.15) is 5.56 Å². The van der Waals surface area contributed by atoms with E-state index in [1.807, 2.05) is 24.3 Å². The molecule has 0 aliphatic heterocycles. The molecule has 5 heteroatoms. The minimum atomic E-state index is 0.439. The Morgan fingerprint density at radius 1 is 0.821 bits per heavy atom. The van der Waals surface area contributed by atoms with Gasteiger partial charge in [0, 0.05) is 40.3 Å². The number of rotatable bonds is 3. The Kier molecular flexibility index (Phi) is 3.72. The van der Waals surface area contributed by atoms with Crippen molar-refractivity contribution < 1.29 is 0 Å². The van der Waals surface area contributed by atoms with Gasteiger partial charge in [0.15, 0.2) is 5.82 Å². The number of nitrogens with zero attached hydrogens (tertiary/aromatic N) is 3. The average molecular weight is 365 g/mol. The highest BCUT2D eigenvalue weighted by molar-refractivity contribution is 5.92. The zero-order valence-corrected chi connectivity index (χ0v) is 15.2. The van der Waals surface area contributed by atoms with E-state index < -0.39 is 0 Å². The molecule has 0 aliphatic carbocycles. The maximum Gasteiger partial charge on any atom is 0.162 e. The lowest BCUT2D eigenvalue weighted by molar-refractivity contribution is 0.837. The summed E-state index contributed by atoms with van der Waals surface area (Å²) < 4.78 is 2.24. The summed E-state index contributed by atoms with van der Waals surface area (Å²) in [6.07, 6.45) is 2.11. The fraction of sp³-hybridized carbons (Fsp3) is 0.0435. The van der Waals surface area contributed by atoms with Gasteiger partial charge in [-0.2, -0.15) is 0 Å². The van der Waals surface area contributed by atoms with E-state index in [1.54, 1.807) is 6.07 Å². The minimum absolute atomic E-state index is 0.439. The smallest absolute Gasteiger partial charge is 0.162 e. The summed E-state index contributed by atoms with van der Waals surface area (Å²) in [5, 5.41) is 1.92. The second-order valence-electron chi connectivity index (χ2n) is 6.91. The number of aromatic nitrogens is 3. The van der Waals surface area contributed by atoms with Crippen LogP contribution >= 0.6 is 0 Å². The van der Waals surface area contributed by atoms with Gasteiger partial charge in [0.05, 0.1) is 5.52 Å². The zero-order valence-electron chi connectivity index (χ0n) is 15.2. The minimum Gasteiger partial charge on any atom is -0.399 e. The Balaban J connectivity index is 1.55. The maximum atomic E-state index is 6.16. The van der Waals surface area contributed by atoms with E-state index in [-0.39, 0.29) is 0 Å². The van der Waals surface area contributed by atoms with Gasteiger partial charge in [-0.05, 0) is 48.0 Å². The summed E-state index contributed by atoms with van der Waals surface area (Å²) in [4.78, 5) is 9.17. The summed E-state index contributed by atoms with van der Waals surface area (Å²) in [5.41, 5.74) is 16.8. The van der Waals surface area contributed by atoms with Crippen molar-refractivity contribution in [2.45, 2.75) is 6.54 Å². The van der Waals surface area contributed by atoms with E-state index in [9.17, 15) is 0 Å². The number of fused-ring (bicyclic) bond motifs is 2. The van der Waals surface area contributed by atoms with Crippen LogP contribution in [0.25, 0.3) is 33.2 Å².